The summed E-state index contributed by atoms with van der Waals surface area (Å²) >= 11 is 5.83. The molecule has 7 heteroatoms. The normalized spacial score (nSPS) is 14.1. The summed E-state index contributed by atoms with van der Waals surface area (Å²) in [5.41, 5.74) is 0.830. The average molecular weight is 304 g/mol. The molecule has 0 saturated heterocycles. The molecule has 4 nitrogen and oxygen atoms in total. The van der Waals surface area contributed by atoms with E-state index in [0.717, 1.165) is 0 Å². The van der Waals surface area contributed by atoms with Crippen LogP contribution < -0.4 is 10.1 Å². The van der Waals surface area contributed by atoms with E-state index in [1.54, 1.807) is 18.2 Å². The summed E-state index contributed by atoms with van der Waals surface area (Å²) in [7, 11) is 0. The highest BCUT2D eigenvalue weighted by Gasteiger charge is 2.29. The number of aliphatic hydroxyl groups excluding tert-OH is 1. The first-order valence-corrected chi connectivity index (χ1v) is 6.19. The SMILES string of the molecule is O=C(NCC(F)(F)CO)C1=Cc2cc(Cl)ccc2OC1. The van der Waals surface area contributed by atoms with Crippen LogP contribution in [0.1, 0.15) is 5.56 Å². The number of aliphatic hydroxyl groups is 1. The second-order valence-electron chi connectivity index (χ2n) is 4.34. The molecule has 1 aliphatic heterocycles. The zero-order chi connectivity index (χ0) is 14.8. The highest BCUT2D eigenvalue weighted by molar-refractivity contribution is 6.30. The average Bonchev–Trinajstić information content (AvgIpc) is 2.44. The Morgan fingerprint density at radius 1 is 1.50 bits per heavy atom. The Hall–Kier alpha value is -1.66. The van der Waals surface area contributed by atoms with Crippen LogP contribution in [0.2, 0.25) is 5.02 Å². The van der Waals surface area contributed by atoms with Gasteiger partial charge in [0.2, 0.25) is 0 Å². The minimum atomic E-state index is -3.34. The predicted octanol–water partition coefficient (Wildman–Crippen LogP) is 1.86. The van der Waals surface area contributed by atoms with Gasteiger partial charge in [-0.2, -0.15) is 0 Å². The number of rotatable bonds is 4. The van der Waals surface area contributed by atoms with Crippen LogP contribution in [-0.2, 0) is 4.79 Å². The molecule has 2 rings (SSSR count). The summed E-state index contributed by atoms with van der Waals surface area (Å²) in [4.78, 5) is 11.7. The predicted molar refractivity (Wildman–Crippen MR) is 70.0 cm³/mol. The van der Waals surface area contributed by atoms with Crippen molar-refractivity contribution in [3.63, 3.8) is 0 Å². The number of carbonyl (C=O) groups excluding carboxylic acids is 1. The van der Waals surface area contributed by atoms with Gasteiger partial charge >= 0.3 is 0 Å². The molecule has 108 valence electrons. The van der Waals surface area contributed by atoms with E-state index in [9.17, 15) is 13.6 Å². The molecule has 0 bridgehead atoms. The zero-order valence-corrected chi connectivity index (χ0v) is 11.1. The van der Waals surface area contributed by atoms with Crippen molar-refractivity contribution >= 4 is 23.6 Å². The molecule has 0 saturated carbocycles. The van der Waals surface area contributed by atoms with E-state index in [2.05, 4.69) is 5.32 Å². The molecule has 1 aromatic carbocycles. The third-order valence-electron chi connectivity index (χ3n) is 2.72. The molecule has 2 N–H and O–H groups in total. The Labute approximate surface area is 119 Å². The van der Waals surface area contributed by atoms with Gasteiger partial charge in [-0.3, -0.25) is 4.79 Å². The fourth-order valence-electron chi connectivity index (χ4n) is 1.66. The van der Waals surface area contributed by atoms with Crippen LogP contribution in [0, 0.1) is 0 Å². The number of carbonyl (C=O) groups is 1. The van der Waals surface area contributed by atoms with Gasteiger partial charge in [-0.25, -0.2) is 8.78 Å². The van der Waals surface area contributed by atoms with E-state index in [1.807, 2.05) is 0 Å². The molecule has 0 aliphatic carbocycles. The van der Waals surface area contributed by atoms with Crippen molar-refractivity contribution in [3.05, 3.63) is 34.4 Å². The smallest absolute Gasteiger partial charge is 0.287 e. The number of ether oxygens (including phenoxy) is 1. The minimum Gasteiger partial charge on any atom is -0.488 e. The summed E-state index contributed by atoms with van der Waals surface area (Å²) in [5, 5.41) is 11.0. The summed E-state index contributed by atoms with van der Waals surface area (Å²) in [6.45, 7) is -2.26. The Morgan fingerprint density at radius 3 is 2.95 bits per heavy atom. The molecule has 0 spiro atoms. The molecular weight excluding hydrogens is 292 g/mol. The van der Waals surface area contributed by atoms with Crippen LogP contribution >= 0.6 is 11.6 Å². The van der Waals surface area contributed by atoms with E-state index in [4.69, 9.17) is 21.4 Å². The fourth-order valence-corrected chi connectivity index (χ4v) is 1.84. The number of alkyl halides is 2. The number of amides is 1. The van der Waals surface area contributed by atoms with Crippen molar-refractivity contribution in [1.82, 2.24) is 5.32 Å². The highest BCUT2D eigenvalue weighted by atomic mass is 35.5. The first-order chi connectivity index (χ1) is 9.41. The molecule has 1 heterocycles. The molecule has 0 aromatic heterocycles. The number of halogens is 3. The monoisotopic (exact) mass is 303 g/mol. The quantitative estimate of drug-likeness (QED) is 0.892. The molecule has 1 aromatic rings. The minimum absolute atomic E-state index is 0.00877. The van der Waals surface area contributed by atoms with E-state index in [-0.39, 0.29) is 12.2 Å². The molecular formula is C13H12ClF2NO3. The number of nitrogens with one attached hydrogen (secondary N) is 1. The van der Waals surface area contributed by atoms with Gasteiger partial charge in [0.15, 0.2) is 0 Å². The topological polar surface area (TPSA) is 58.6 Å². The van der Waals surface area contributed by atoms with Crippen LogP contribution in [0.5, 0.6) is 5.75 Å². The van der Waals surface area contributed by atoms with Crippen molar-refractivity contribution < 1.29 is 23.4 Å². The first-order valence-electron chi connectivity index (χ1n) is 5.81. The number of hydrogen-bond donors (Lipinski definition) is 2. The van der Waals surface area contributed by atoms with Gasteiger partial charge in [-0.05, 0) is 24.3 Å². The molecule has 0 unspecified atom stereocenters. The second kappa shape index (κ2) is 5.76. The standard InChI is InChI=1S/C13H12ClF2NO3/c14-10-1-2-11-8(4-10)3-9(5-20-11)12(19)17-6-13(15,16)7-18/h1-4,18H,5-7H2,(H,17,19). The lowest BCUT2D eigenvalue weighted by atomic mass is 10.1. The van der Waals surface area contributed by atoms with E-state index in [1.165, 1.54) is 6.08 Å². The van der Waals surface area contributed by atoms with Crippen LogP contribution in [0.15, 0.2) is 23.8 Å². The molecule has 20 heavy (non-hydrogen) atoms. The lowest BCUT2D eigenvalue weighted by Crippen LogP contribution is -2.40. The van der Waals surface area contributed by atoms with Gasteiger partial charge in [0.25, 0.3) is 11.8 Å². The Kier molecular flexibility index (Phi) is 4.25. The van der Waals surface area contributed by atoms with Crippen LogP contribution in [0.25, 0.3) is 6.08 Å². The van der Waals surface area contributed by atoms with Crippen molar-refractivity contribution in [2.24, 2.45) is 0 Å². The van der Waals surface area contributed by atoms with Crippen LogP contribution in [0.3, 0.4) is 0 Å². The van der Waals surface area contributed by atoms with Gasteiger partial charge in [-0.1, -0.05) is 11.6 Å². The maximum atomic E-state index is 12.8. The van der Waals surface area contributed by atoms with Crippen molar-refractivity contribution in [1.29, 1.82) is 0 Å². The van der Waals surface area contributed by atoms with Crippen molar-refractivity contribution in [2.75, 3.05) is 19.8 Å². The lowest BCUT2D eigenvalue weighted by Gasteiger charge is -2.19. The molecule has 0 radical (unpaired) electrons. The first kappa shape index (κ1) is 14.7. The highest BCUT2D eigenvalue weighted by Crippen LogP contribution is 2.29. The molecule has 0 fully saturated rings. The molecule has 1 aliphatic rings. The van der Waals surface area contributed by atoms with Gasteiger partial charge in [0, 0.05) is 10.6 Å². The molecule has 0 atom stereocenters. The van der Waals surface area contributed by atoms with E-state index in [0.29, 0.717) is 16.3 Å². The maximum Gasteiger partial charge on any atom is 0.287 e. The fraction of sp³-hybridized carbons (Fsp3) is 0.308. The van der Waals surface area contributed by atoms with Crippen LogP contribution in [-0.4, -0.2) is 36.7 Å². The number of benzene rings is 1. The Morgan fingerprint density at radius 2 is 2.25 bits per heavy atom. The summed E-state index contributed by atoms with van der Waals surface area (Å²) in [6, 6.07) is 4.94. The lowest BCUT2D eigenvalue weighted by molar-refractivity contribution is -0.120. The van der Waals surface area contributed by atoms with E-state index < -0.39 is 25.0 Å². The summed E-state index contributed by atoms with van der Waals surface area (Å²) in [5.74, 6) is -3.43. The summed E-state index contributed by atoms with van der Waals surface area (Å²) in [6.07, 6.45) is 1.54. The summed E-state index contributed by atoms with van der Waals surface area (Å²) < 4.78 is 31.0. The van der Waals surface area contributed by atoms with Gasteiger partial charge in [0.05, 0.1) is 12.1 Å². The van der Waals surface area contributed by atoms with E-state index >= 15 is 0 Å². The van der Waals surface area contributed by atoms with Gasteiger partial charge in [0.1, 0.15) is 19.0 Å². The number of hydrogen-bond acceptors (Lipinski definition) is 3. The van der Waals surface area contributed by atoms with Gasteiger partial charge < -0.3 is 15.2 Å². The Bertz CT molecular complexity index is 561. The van der Waals surface area contributed by atoms with Crippen molar-refractivity contribution in [3.8, 4) is 5.75 Å². The van der Waals surface area contributed by atoms with Gasteiger partial charge in [-0.15, -0.1) is 0 Å². The van der Waals surface area contributed by atoms with Crippen LogP contribution in [0.4, 0.5) is 8.78 Å². The Balaban J connectivity index is 2.08. The zero-order valence-electron chi connectivity index (χ0n) is 10.3. The third kappa shape index (κ3) is 3.46. The maximum absolute atomic E-state index is 12.8. The largest absolute Gasteiger partial charge is 0.488 e. The molecule has 1 amide bonds. The third-order valence-corrected chi connectivity index (χ3v) is 2.95. The number of fused-ring (bicyclic) bond motifs is 1. The van der Waals surface area contributed by atoms with Crippen molar-refractivity contribution in [2.45, 2.75) is 5.92 Å². The second-order valence-corrected chi connectivity index (χ2v) is 4.77.